The number of carbonyl (C=O) groups excluding carboxylic acids is 2. The maximum Gasteiger partial charge on any atom is 0.418 e. The number of urea groups is 1. The SMILES string of the molecule is Cc1c(N2C(=O)N(C)C(C)(c3ccc(O)cc3)C2=O)ccc(C#N)c1C(F)(F)F. The predicted octanol–water partition coefficient (Wildman–Crippen LogP) is 3.90. The first kappa shape index (κ1) is 20.2. The van der Waals surface area contributed by atoms with Gasteiger partial charge in [0.15, 0.2) is 0 Å². The zero-order valence-electron chi connectivity index (χ0n) is 15.7. The lowest BCUT2D eigenvalue weighted by Gasteiger charge is -2.28. The van der Waals surface area contributed by atoms with E-state index in [9.17, 15) is 27.9 Å². The maximum atomic E-state index is 13.5. The van der Waals surface area contributed by atoms with Crippen molar-refractivity contribution in [2.75, 3.05) is 11.9 Å². The lowest BCUT2D eigenvalue weighted by molar-refractivity contribution is -0.138. The van der Waals surface area contributed by atoms with Crippen LogP contribution in [0.3, 0.4) is 0 Å². The van der Waals surface area contributed by atoms with Crippen molar-refractivity contribution in [2.45, 2.75) is 25.6 Å². The summed E-state index contributed by atoms with van der Waals surface area (Å²) in [6.07, 6.45) is -4.83. The number of alkyl halides is 3. The number of hydrogen-bond acceptors (Lipinski definition) is 4. The molecule has 3 amide bonds. The van der Waals surface area contributed by atoms with Gasteiger partial charge in [-0.2, -0.15) is 18.4 Å². The van der Waals surface area contributed by atoms with Crippen LogP contribution in [0.4, 0.5) is 23.7 Å². The second-order valence-corrected chi connectivity index (χ2v) is 6.84. The number of halogens is 3. The van der Waals surface area contributed by atoms with Gasteiger partial charge in [-0.25, -0.2) is 9.69 Å². The fourth-order valence-electron chi connectivity index (χ4n) is 3.51. The summed E-state index contributed by atoms with van der Waals surface area (Å²) in [5.74, 6) is -0.775. The molecular weight excluding hydrogens is 387 g/mol. The topological polar surface area (TPSA) is 84.6 Å². The minimum absolute atomic E-state index is 0.0358. The van der Waals surface area contributed by atoms with Crippen molar-refractivity contribution in [3.8, 4) is 11.8 Å². The van der Waals surface area contributed by atoms with Crippen LogP contribution in [0.1, 0.15) is 29.2 Å². The van der Waals surface area contributed by atoms with Crippen molar-refractivity contribution in [2.24, 2.45) is 0 Å². The molecule has 2 aromatic carbocycles. The van der Waals surface area contributed by atoms with Gasteiger partial charge in [-0.05, 0) is 49.2 Å². The molecule has 0 spiro atoms. The van der Waals surface area contributed by atoms with Crippen LogP contribution in [0.2, 0.25) is 0 Å². The van der Waals surface area contributed by atoms with E-state index in [2.05, 4.69) is 0 Å². The van der Waals surface area contributed by atoms with Gasteiger partial charge in [-0.3, -0.25) is 4.79 Å². The molecule has 0 aromatic heterocycles. The molecule has 1 fully saturated rings. The molecule has 29 heavy (non-hydrogen) atoms. The molecule has 1 saturated heterocycles. The van der Waals surface area contributed by atoms with Gasteiger partial charge in [0.05, 0.1) is 22.9 Å². The molecular formula is C20H16F3N3O3. The van der Waals surface area contributed by atoms with Crippen LogP contribution in [0, 0.1) is 18.3 Å². The largest absolute Gasteiger partial charge is 0.508 e. The number of imide groups is 1. The lowest BCUT2D eigenvalue weighted by Crippen LogP contribution is -2.42. The molecule has 0 aliphatic carbocycles. The number of likely N-dealkylation sites (N-methyl/N-ethyl adjacent to an activating group) is 1. The van der Waals surface area contributed by atoms with Gasteiger partial charge in [-0.15, -0.1) is 0 Å². The Kier molecular flexibility index (Phi) is 4.54. The zero-order chi connectivity index (χ0) is 21.7. The molecule has 150 valence electrons. The van der Waals surface area contributed by atoms with Gasteiger partial charge < -0.3 is 10.0 Å². The van der Waals surface area contributed by atoms with E-state index in [1.807, 2.05) is 0 Å². The first-order valence-corrected chi connectivity index (χ1v) is 8.47. The summed E-state index contributed by atoms with van der Waals surface area (Å²) in [7, 11) is 1.37. The third-order valence-corrected chi connectivity index (χ3v) is 5.28. The highest BCUT2D eigenvalue weighted by atomic mass is 19.4. The minimum atomic E-state index is -4.83. The van der Waals surface area contributed by atoms with E-state index >= 15 is 0 Å². The van der Waals surface area contributed by atoms with E-state index < -0.39 is 34.8 Å². The summed E-state index contributed by atoms with van der Waals surface area (Å²) < 4.78 is 40.5. The van der Waals surface area contributed by atoms with Crippen LogP contribution in [0.15, 0.2) is 36.4 Å². The van der Waals surface area contributed by atoms with Gasteiger partial charge in [0.1, 0.15) is 11.3 Å². The number of hydrogen-bond donors (Lipinski definition) is 1. The van der Waals surface area contributed by atoms with Gasteiger partial charge in [-0.1, -0.05) is 12.1 Å². The number of amides is 3. The Bertz CT molecular complexity index is 1060. The fraction of sp³-hybridized carbons (Fsp3) is 0.250. The molecule has 6 nitrogen and oxygen atoms in total. The maximum absolute atomic E-state index is 13.5. The van der Waals surface area contributed by atoms with Crippen molar-refractivity contribution < 1.29 is 27.9 Å². The number of nitriles is 1. The number of nitrogens with zero attached hydrogens (tertiary/aromatic N) is 3. The number of phenols is 1. The third kappa shape index (κ3) is 2.88. The number of aromatic hydroxyl groups is 1. The predicted molar refractivity (Wildman–Crippen MR) is 97.0 cm³/mol. The average molecular weight is 403 g/mol. The molecule has 1 aliphatic rings. The van der Waals surface area contributed by atoms with Gasteiger partial charge in [0, 0.05) is 7.05 Å². The van der Waals surface area contributed by atoms with E-state index in [0.717, 1.165) is 24.0 Å². The number of benzene rings is 2. The molecule has 1 atom stereocenters. The van der Waals surface area contributed by atoms with Gasteiger partial charge in [0.2, 0.25) is 0 Å². The Morgan fingerprint density at radius 2 is 1.69 bits per heavy atom. The normalized spacial score (nSPS) is 19.6. The number of anilines is 1. The number of carbonyl (C=O) groups is 2. The Hall–Kier alpha value is -3.54. The van der Waals surface area contributed by atoms with E-state index in [-0.39, 0.29) is 17.0 Å². The van der Waals surface area contributed by atoms with Crippen molar-refractivity contribution >= 4 is 17.6 Å². The standard InChI is InChI=1S/C20H16F3N3O3/c1-11-15(9-4-12(10-24)16(11)20(21,22)23)26-17(28)19(2,25(3)18(26)29)13-5-7-14(27)8-6-13/h4-9,27H,1-3H3. The van der Waals surface area contributed by atoms with Gasteiger partial charge >= 0.3 is 12.2 Å². The molecule has 1 aliphatic heterocycles. The molecule has 0 bridgehead atoms. The number of phenolic OH excluding ortho intramolecular Hbond substituents is 1. The quantitative estimate of drug-likeness (QED) is 0.771. The van der Waals surface area contributed by atoms with Crippen LogP contribution in [0.25, 0.3) is 0 Å². The van der Waals surface area contributed by atoms with E-state index in [0.29, 0.717) is 10.5 Å². The van der Waals surface area contributed by atoms with E-state index in [1.54, 1.807) is 0 Å². The third-order valence-electron chi connectivity index (χ3n) is 5.28. The zero-order valence-corrected chi connectivity index (χ0v) is 15.7. The second-order valence-electron chi connectivity index (χ2n) is 6.84. The molecule has 3 rings (SSSR count). The highest BCUT2D eigenvalue weighted by molar-refractivity contribution is 6.23. The second kappa shape index (κ2) is 6.51. The molecule has 0 saturated carbocycles. The van der Waals surface area contributed by atoms with Crippen molar-refractivity contribution in [1.82, 2.24) is 4.90 Å². The summed E-state index contributed by atoms with van der Waals surface area (Å²) in [6.45, 7) is 2.60. The monoisotopic (exact) mass is 403 g/mol. The first-order chi connectivity index (χ1) is 13.4. The summed E-state index contributed by atoms with van der Waals surface area (Å²) in [4.78, 5) is 28.0. The fourth-order valence-corrected chi connectivity index (χ4v) is 3.51. The highest BCUT2D eigenvalue weighted by Gasteiger charge is 2.55. The summed E-state index contributed by atoms with van der Waals surface area (Å²) in [5, 5.41) is 18.5. The molecule has 1 heterocycles. The first-order valence-electron chi connectivity index (χ1n) is 8.47. The van der Waals surface area contributed by atoms with Crippen LogP contribution in [-0.2, 0) is 16.5 Å². The van der Waals surface area contributed by atoms with Crippen LogP contribution in [0.5, 0.6) is 5.75 Å². The highest BCUT2D eigenvalue weighted by Crippen LogP contribution is 2.43. The molecule has 1 unspecified atom stereocenters. The van der Waals surface area contributed by atoms with Gasteiger partial charge in [0.25, 0.3) is 5.91 Å². The van der Waals surface area contributed by atoms with E-state index in [4.69, 9.17) is 5.26 Å². The molecule has 0 radical (unpaired) electrons. The summed E-state index contributed by atoms with van der Waals surface area (Å²) in [6, 6.07) is 8.44. The van der Waals surface area contributed by atoms with Crippen LogP contribution >= 0.6 is 0 Å². The Morgan fingerprint density at radius 3 is 2.21 bits per heavy atom. The average Bonchev–Trinajstić information content (AvgIpc) is 2.82. The number of rotatable bonds is 2. The van der Waals surface area contributed by atoms with Crippen LogP contribution < -0.4 is 4.90 Å². The molecule has 1 N–H and O–H groups in total. The van der Waals surface area contributed by atoms with E-state index in [1.165, 1.54) is 44.3 Å². The van der Waals surface area contributed by atoms with Crippen LogP contribution in [-0.4, -0.2) is 29.0 Å². The Morgan fingerprint density at radius 1 is 1.10 bits per heavy atom. The van der Waals surface area contributed by atoms with Crippen molar-refractivity contribution in [3.05, 3.63) is 58.7 Å². The van der Waals surface area contributed by atoms with Crippen molar-refractivity contribution in [3.63, 3.8) is 0 Å². The smallest absolute Gasteiger partial charge is 0.418 e. The molecule has 9 heteroatoms. The summed E-state index contributed by atoms with van der Waals surface area (Å²) >= 11 is 0. The molecule has 2 aromatic rings. The minimum Gasteiger partial charge on any atom is -0.508 e. The summed E-state index contributed by atoms with van der Waals surface area (Å²) in [5.41, 5.74) is -3.49. The lowest BCUT2D eigenvalue weighted by atomic mass is 9.90. The van der Waals surface area contributed by atoms with Crippen molar-refractivity contribution in [1.29, 1.82) is 5.26 Å². The Labute approximate surface area is 164 Å². The Balaban J connectivity index is 2.19.